The van der Waals surface area contributed by atoms with Gasteiger partial charge in [0.1, 0.15) is 17.9 Å². The molecule has 0 radical (unpaired) electrons. The van der Waals surface area contributed by atoms with Crippen molar-refractivity contribution in [2.75, 3.05) is 0 Å². The number of halogens is 1. The van der Waals surface area contributed by atoms with Crippen LogP contribution in [0.1, 0.15) is 37.7 Å². The number of hydrogen-bond acceptors (Lipinski definition) is 5. The second-order valence-electron chi connectivity index (χ2n) is 7.07. The maximum absolute atomic E-state index is 13.2. The Morgan fingerprint density at radius 3 is 2.22 bits per heavy atom. The summed E-state index contributed by atoms with van der Waals surface area (Å²) in [6.07, 6.45) is 1.89. The lowest BCUT2D eigenvalue weighted by Gasteiger charge is -2.14. The Balaban J connectivity index is 1.80. The molecule has 2 N–H and O–H groups in total. The van der Waals surface area contributed by atoms with Crippen molar-refractivity contribution in [1.29, 1.82) is 0 Å². The molecular weight excluding hydrogens is 415 g/mol. The molecule has 0 aliphatic heterocycles. The molecule has 32 heavy (non-hydrogen) atoms. The van der Waals surface area contributed by atoms with Crippen LogP contribution in [-0.2, 0) is 13.0 Å². The molecule has 0 atom stereocenters. The third kappa shape index (κ3) is 4.39. The number of rotatable bonds is 7. The predicted octanol–water partition coefficient (Wildman–Crippen LogP) is 4.34. The highest BCUT2D eigenvalue weighted by Gasteiger charge is 2.24. The van der Waals surface area contributed by atoms with E-state index in [2.05, 4.69) is 9.97 Å². The minimum absolute atomic E-state index is 0.0589. The van der Waals surface area contributed by atoms with Crippen molar-refractivity contribution in [3.05, 3.63) is 101 Å². The Morgan fingerprint density at radius 2 is 1.56 bits per heavy atom. The smallest absolute Gasteiger partial charge is 0.358 e. The molecule has 0 fully saturated rings. The molecule has 0 saturated heterocycles. The van der Waals surface area contributed by atoms with Crippen LogP contribution in [-0.4, -0.2) is 32.1 Å². The Morgan fingerprint density at radius 1 is 0.875 bits per heavy atom. The zero-order valence-electron chi connectivity index (χ0n) is 16.7. The van der Waals surface area contributed by atoms with E-state index in [0.29, 0.717) is 12.0 Å². The fourth-order valence-corrected chi connectivity index (χ4v) is 3.31. The lowest BCUT2D eigenvalue weighted by molar-refractivity contribution is 0.0682. The van der Waals surface area contributed by atoms with Gasteiger partial charge in [0.25, 0.3) is 0 Å². The van der Waals surface area contributed by atoms with E-state index in [1.807, 2.05) is 30.3 Å². The Kier molecular flexibility index (Phi) is 5.76. The van der Waals surface area contributed by atoms with Crippen LogP contribution in [0.4, 0.5) is 4.39 Å². The summed E-state index contributed by atoms with van der Waals surface area (Å²) < 4.78 is 18.9. The molecule has 0 spiro atoms. The average Bonchev–Trinajstić information content (AvgIpc) is 2.79. The quantitative estimate of drug-likeness (QED) is 0.447. The fourth-order valence-electron chi connectivity index (χ4n) is 3.31. The van der Waals surface area contributed by atoms with Gasteiger partial charge >= 0.3 is 11.9 Å². The molecule has 0 aliphatic rings. The van der Waals surface area contributed by atoms with Crippen molar-refractivity contribution in [2.45, 2.75) is 13.0 Å². The van der Waals surface area contributed by atoms with Gasteiger partial charge in [-0.25, -0.2) is 19.0 Å². The van der Waals surface area contributed by atoms with Crippen molar-refractivity contribution >= 4 is 22.8 Å². The van der Waals surface area contributed by atoms with Crippen LogP contribution in [0.15, 0.2) is 66.9 Å². The van der Waals surface area contributed by atoms with Crippen LogP contribution in [0.25, 0.3) is 10.9 Å². The third-order valence-corrected chi connectivity index (χ3v) is 4.81. The van der Waals surface area contributed by atoms with Crippen molar-refractivity contribution < 1.29 is 28.9 Å². The molecule has 2 aromatic heterocycles. The molecule has 4 rings (SSSR count). The number of benzene rings is 2. The number of hydrogen-bond donors (Lipinski definition) is 2. The van der Waals surface area contributed by atoms with Crippen LogP contribution >= 0.6 is 0 Å². The molecule has 2 heterocycles. The minimum Gasteiger partial charge on any atom is -0.484 e. The number of carboxylic acids is 2. The topological polar surface area (TPSA) is 110 Å². The predicted molar refractivity (Wildman–Crippen MR) is 113 cm³/mol. The van der Waals surface area contributed by atoms with Crippen molar-refractivity contribution in [1.82, 2.24) is 9.97 Å². The monoisotopic (exact) mass is 432 g/mol. The molecule has 160 valence electrons. The van der Waals surface area contributed by atoms with E-state index in [1.165, 1.54) is 18.3 Å². The molecule has 8 heteroatoms. The number of fused-ring (bicyclic) bond motifs is 1. The number of pyridine rings is 2. The number of carboxylic acid groups (broad SMARTS) is 2. The van der Waals surface area contributed by atoms with Gasteiger partial charge in [-0.1, -0.05) is 42.5 Å². The number of nitrogens with zero attached hydrogens (tertiary/aromatic N) is 2. The molecule has 2 aromatic carbocycles. The van der Waals surface area contributed by atoms with Gasteiger partial charge in [-0.3, -0.25) is 4.98 Å². The molecule has 0 bridgehead atoms. The Labute approximate surface area is 181 Å². The van der Waals surface area contributed by atoms with Gasteiger partial charge in [0.15, 0.2) is 17.1 Å². The maximum Gasteiger partial charge on any atom is 0.358 e. The highest BCUT2D eigenvalue weighted by Crippen LogP contribution is 2.31. The summed E-state index contributed by atoms with van der Waals surface area (Å²) in [5, 5.41) is 19.4. The molecular formula is C24H17FN2O5. The number of ether oxygens (including phenoxy) is 1. The van der Waals surface area contributed by atoms with Crippen LogP contribution in [0.2, 0.25) is 0 Å². The van der Waals surface area contributed by atoms with E-state index in [4.69, 9.17) is 4.74 Å². The Bertz CT molecular complexity index is 1310. The first-order chi connectivity index (χ1) is 15.4. The summed E-state index contributed by atoms with van der Waals surface area (Å²) in [5.74, 6) is -3.26. The summed E-state index contributed by atoms with van der Waals surface area (Å²) in [4.78, 5) is 31.8. The van der Waals surface area contributed by atoms with E-state index in [1.54, 1.807) is 18.2 Å². The number of aromatic nitrogens is 2. The molecule has 4 aromatic rings. The normalized spacial score (nSPS) is 10.8. The summed E-state index contributed by atoms with van der Waals surface area (Å²) in [6.45, 7) is 0.0589. The van der Waals surface area contributed by atoms with Crippen LogP contribution in [0.3, 0.4) is 0 Å². The number of carbonyl (C=O) groups is 2. The van der Waals surface area contributed by atoms with E-state index >= 15 is 0 Å². The van der Waals surface area contributed by atoms with Crippen LogP contribution in [0.5, 0.6) is 5.75 Å². The lowest BCUT2D eigenvalue weighted by atomic mass is 10.0. The summed E-state index contributed by atoms with van der Waals surface area (Å²) in [5.41, 5.74) is 1.40. The average molecular weight is 432 g/mol. The van der Waals surface area contributed by atoms with Crippen molar-refractivity contribution in [3.63, 3.8) is 0 Å². The first-order valence-corrected chi connectivity index (χ1v) is 9.62. The SMILES string of the molecule is O=C(O)c1nc(C(=O)O)c2cc(Cc3ccc(F)cc3)cnc2c1OCc1ccccc1. The van der Waals surface area contributed by atoms with E-state index in [-0.39, 0.29) is 29.1 Å². The van der Waals surface area contributed by atoms with Gasteiger partial charge in [0.05, 0.1) is 0 Å². The van der Waals surface area contributed by atoms with E-state index in [0.717, 1.165) is 11.1 Å². The van der Waals surface area contributed by atoms with Gasteiger partial charge in [-0.2, -0.15) is 0 Å². The Hall–Kier alpha value is -4.33. The van der Waals surface area contributed by atoms with Gasteiger partial charge in [0.2, 0.25) is 0 Å². The first-order valence-electron chi connectivity index (χ1n) is 9.62. The van der Waals surface area contributed by atoms with Crippen LogP contribution < -0.4 is 4.74 Å². The highest BCUT2D eigenvalue weighted by molar-refractivity contribution is 6.06. The highest BCUT2D eigenvalue weighted by atomic mass is 19.1. The molecule has 7 nitrogen and oxygen atoms in total. The van der Waals surface area contributed by atoms with Gasteiger partial charge < -0.3 is 14.9 Å². The first kappa shape index (κ1) is 20.9. The minimum atomic E-state index is -1.42. The van der Waals surface area contributed by atoms with Gasteiger partial charge in [0, 0.05) is 11.6 Å². The molecule has 0 unspecified atom stereocenters. The van der Waals surface area contributed by atoms with E-state index < -0.39 is 23.3 Å². The largest absolute Gasteiger partial charge is 0.484 e. The van der Waals surface area contributed by atoms with E-state index in [9.17, 15) is 24.2 Å². The van der Waals surface area contributed by atoms with Crippen molar-refractivity contribution in [3.8, 4) is 5.75 Å². The maximum atomic E-state index is 13.2. The second-order valence-corrected chi connectivity index (χ2v) is 7.07. The molecule has 0 saturated carbocycles. The van der Waals surface area contributed by atoms with Crippen molar-refractivity contribution in [2.24, 2.45) is 0 Å². The zero-order chi connectivity index (χ0) is 22.7. The number of aromatic carboxylic acids is 2. The van der Waals surface area contributed by atoms with Gasteiger partial charge in [-0.15, -0.1) is 0 Å². The fraction of sp³-hybridized carbons (Fsp3) is 0.0833. The summed E-state index contributed by atoms with van der Waals surface area (Å²) in [7, 11) is 0. The van der Waals surface area contributed by atoms with Crippen LogP contribution in [0, 0.1) is 5.82 Å². The zero-order valence-corrected chi connectivity index (χ0v) is 16.7. The third-order valence-electron chi connectivity index (χ3n) is 4.81. The second kappa shape index (κ2) is 8.81. The lowest BCUT2D eigenvalue weighted by Crippen LogP contribution is -2.13. The van der Waals surface area contributed by atoms with Gasteiger partial charge in [-0.05, 0) is 41.3 Å². The molecule has 0 amide bonds. The summed E-state index contributed by atoms with van der Waals surface area (Å²) >= 11 is 0. The molecule has 0 aliphatic carbocycles. The standard InChI is InChI=1S/C24H17FN2O5/c25-17-8-6-14(7-9-17)10-16-11-18-19(26-12-16)22(32-13-15-4-2-1-3-5-15)21(24(30)31)27-20(18)23(28)29/h1-9,11-12H,10,13H2,(H,28,29)(H,30,31). The summed E-state index contributed by atoms with van der Waals surface area (Å²) in [6, 6.07) is 16.6.